The van der Waals surface area contributed by atoms with Crippen molar-refractivity contribution in [2.45, 2.75) is 58.1 Å². The minimum Gasteiger partial charge on any atom is -0.494 e. The molecule has 10 heteroatoms. The van der Waals surface area contributed by atoms with Crippen LogP contribution in [0.5, 0.6) is 5.75 Å². The van der Waals surface area contributed by atoms with Crippen LogP contribution in [0.3, 0.4) is 0 Å². The minimum absolute atomic E-state index is 0.0194. The number of aliphatic carboxylic acids is 1. The Morgan fingerprint density at radius 2 is 1.84 bits per heavy atom. The van der Waals surface area contributed by atoms with Gasteiger partial charge in [-0.15, -0.1) is 0 Å². The molecule has 3 amide bonds. The van der Waals surface area contributed by atoms with Crippen molar-refractivity contribution in [1.29, 1.82) is 0 Å². The van der Waals surface area contributed by atoms with Gasteiger partial charge in [-0.3, -0.25) is 4.79 Å². The normalized spacial score (nSPS) is 18.9. The number of carbonyl (C=O) groups excluding carboxylic acids is 2. The number of rotatable bonds is 7. The second kappa shape index (κ2) is 11.9. The number of hydrogen-bond acceptors (Lipinski definition) is 5. The average molecular weight is 514 g/mol. The second-order valence-electron chi connectivity index (χ2n) is 9.43. The lowest BCUT2D eigenvalue weighted by Gasteiger charge is -2.32. The summed E-state index contributed by atoms with van der Waals surface area (Å²) in [6, 6.07) is 9.04. The molecule has 9 nitrogen and oxygen atoms in total. The van der Waals surface area contributed by atoms with E-state index in [1.165, 1.54) is 18.2 Å². The molecule has 2 aromatic carbocycles. The summed E-state index contributed by atoms with van der Waals surface area (Å²) in [5.74, 6) is -0.739. The van der Waals surface area contributed by atoms with Gasteiger partial charge < -0.3 is 30.1 Å². The van der Waals surface area contributed by atoms with Crippen LogP contribution < -0.4 is 15.4 Å². The van der Waals surface area contributed by atoms with Gasteiger partial charge in [0.25, 0.3) is 0 Å². The van der Waals surface area contributed by atoms with Crippen LogP contribution in [0, 0.1) is 11.7 Å². The maximum absolute atomic E-state index is 14.1. The van der Waals surface area contributed by atoms with E-state index in [-0.39, 0.29) is 30.2 Å². The Morgan fingerprint density at radius 1 is 1.05 bits per heavy atom. The number of amides is 3. The molecule has 2 aromatic rings. The van der Waals surface area contributed by atoms with Crippen LogP contribution in [-0.4, -0.2) is 47.4 Å². The van der Waals surface area contributed by atoms with Crippen molar-refractivity contribution in [3.8, 4) is 5.75 Å². The van der Waals surface area contributed by atoms with Crippen LogP contribution in [-0.2, 0) is 22.5 Å². The Morgan fingerprint density at radius 3 is 2.57 bits per heavy atom. The predicted molar refractivity (Wildman–Crippen MR) is 135 cm³/mol. The number of carboxylic acid groups (broad SMARTS) is 1. The predicted octanol–water partition coefficient (Wildman–Crippen LogP) is 5.40. The highest BCUT2D eigenvalue weighted by molar-refractivity contribution is 6.00. The van der Waals surface area contributed by atoms with E-state index in [1.54, 1.807) is 11.0 Å². The highest BCUT2D eigenvalue weighted by Gasteiger charge is 2.28. The van der Waals surface area contributed by atoms with Crippen molar-refractivity contribution < 1.29 is 33.4 Å². The molecule has 0 bridgehead atoms. The van der Waals surface area contributed by atoms with Crippen molar-refractivity contribution in [3.63, 3.8) is 0 Å². The first-order valence-electron chi connectivity index (χ1n) is 12.6. The molecule has 0 atom stereocenters. The van der Waals surface area contributed by atoms with Gasteiger partial charge in [0.05, 0.1) is 12.3 Å². The van der Waals surface area contributed by atoms with E-state index in [2.05, 4.69) is 10.6 Å². The first-order valence-corrected chi connectivity index (χ1v) is 12.6. The van der Waals surface area contributed by atoms with E-state index in [0.29, 0.717) is 50.4 Å². The Labute approximate surface area is 214 Å². The lowest BCUT2D eigenvalue weighted by molar-refractivity contribution is -0.138. The summed E-state index contributed by atoms with van der Waals surface area (Å²) in [5, 5.41) is 14.2. The Hall–Kier alpha value is -3.82. The molecule has 1 aliphatic carbocycles. The summed E-state index contributed by atoms with van der Waals surface area (Å²) >= 11 is 0. The van der Waals surface area contributed by atoms with Crippen molar-refractivity contribution in [1.82, 2.24) is 4.90 Å². The zero-order chi connectivity index (χ0) is 26.4. The summed E-state index contributed by atoms with van der Waals surface area (Å²) in [4.78, 5) is 37.7. The van der Waals surface area contributed by atoms with Gasteiger partial charge >= 0.3 is 18.1 Å². The summed E-state index contributed by atoms with van der Waals surface area (Å²) in [6.45, 7) is 3.14. The average Bonchev–Trinajstić information content (AvgIpc) is 2.86. The SMILES string of the molecule is CCOc1ccc(F)c(NC(=O)Nc2ccc3c(c2)CCN(C(=O)OC2CCC(CC(=O)O)CC2)C3)c1. The van der Waals surface area contributed by atoms with Crippen LogP contribution >= 0.6 is 0 Å². The fraction of sp³-hybridized carbons (Fsp3) is 0.444. The van der Waals surface area contributed by atoms with Crippen LogP contribution in [0.2, 0.25) is 0 Å². The number of fused-ring (bicyclic) bond motifs is 1. The van der Waals surface area contributed by atoms with Gasteiger partial charge in [0.15, 0.2) is 0 Å². The van der Waals surface area contributed by atoms with E-state index < -0.39 is 17.8 Å². The maximum Gasteiger partial charge on any atom is 0.410 e. The van der Waals surface area contributed by atoms with E-state index in [0.717, 1.165) is 24.0 Å². The molecule has 0 saturated heterocycles. The fourth-order valence-corrected chi connectivity index (χ4v) is 4.85. The molecule has 1 fully saturated rings. The minimum atomic E-state index is -0.785. The highest BCUT2D eigenvalue weighted by atomic mass is 19.1. The van der Waals surface area contributed by atoms with Gasteiger partial charge in [-0.25, -0.2) is 14.0 Å². The molecule has 37 heavy (non-hydrogen) atoms. The van der Waals surface area contributed by atoms with Crippen molar-refractivity contribution in [3.05, 3.63) is 53.3 Å². The number of ether oxygens (including phenoxy) is 2. The molecule has 0 aromatic heterocycles. The van der Waals surface area contributed by atoms with Gasteiger partial charge in [0.2, 0.25) is 0 Å². The van der Waals surface area contributed by atoms with Crippen LogP contribution in [0.15, 0.2) is 36.4 Å². The zero-order valence-electron chi connectivity index (χ0n) is 20.8. The van der Waals surface area contributed by atoms with Gasteiger partial charge in [-0.2, -0.15) is 0 Å². The number of urea groups is 1. The molecule has 2 aliphatic rings. The van der Waals surface area contributed by atoms with E-state index in [9.17, 15) is 18.8 Å². The van der Waals surface area contributed by atoms with E-state index in [1.807, 2.05) is 19.1 Å². The highest BCUT2D eigenvalue weighted by Crippen LogP contribution is 2.30. The number of nitrogens with one attached hydrogen (secondary N) is 2. The molecule has 198 valence electrons. The summed E-state index contributed by atoms with van der Waals surface area (Å²) < 4.78 is 25.1. The van der Waals surface area contributed by atoms with Crippen LogP contribution in [0.1, 0.15) is 50.2 Å². The standard InChI is InChI=1S/C27H32FN3O6/c1-2-36-22-9-10-23(28)24(15-22)30-26(34)29-20-6-5-19-16-31(12-11-18(19)14-20)27(35)37-21-7-3-17(4-8-21)13-25(32)33/h5-6,9-10,14-15,17,21H,2-4,7-8,11-13,16H2,1H3,(H,32,33)(H2,29,30,34). The first-order chi connectivity index (χ1) is 17.8. The zero-order valence-corrected chi connectivity index (χ0v) is 20.8. The van der Waals surface area contributed by atoms with Crippen molar-refractivity contribution >= 4 is 29.5 Å². The Bertz CT molecular complexity index is 1150. The van der Waals surface area contributed by atoms with E-state index in [4.69, 9.17) is 14.6 Å². The maximum atomic E-state index is 14.1. The molecule has 0 spiro atoms. The number of carboxylic acids is 1. The van der Waals surface area contributed by atoms with Gasteiger partial charge in [0.1, 0.15) is 17.7 Å². The smallest absolute Gasteiger partial charge is 0.410 e. The molecule has 1 saturated carbocycles. The third-order valence-electron chi connectivity index (χ3n) is 6.76. The lowest BCUT2D eigenvalue weighted by atomic mass is 9.85. The van der Waals surface area contributed by atoms with Gasteiger partial charge in [0, 0.05) is 31.3 Å². The molecular weight excluding hydrogens is 481 g/mol. The quantitative estimate of drug-likeness (QED) is 0.457. The monoisotopic (exact) mass is 513 g/mol. The van der Waals surface area contributed by atoms with E-state index >= 15 is 0 Å². The van der Waals surface area contributed by atoms with Gasteiger partial charge in [-0.1, -0.05) is 6.07 Å². The third-order valence-corrected chi connectivity index (χ3v) is 6.76. The molecule has 1 aliphatic heterocycles. The number of hydrogen-bond donors (Lipinski definition) is 3. The Balaban J connectivity index is 1.28. The summed E-state index contributed by atoms with van der Waals surface area (Å²) in [7, 11) is 0. The topological polar surface area (TPSA) is 117 Å². The largest absolute Gasteiger partial charge is 0.494 e. The van der Waals surface area contributed by atoms with Crippen LogP contribution in [0.25, 0.3) is 0 Å². The third kappa shape index (κ3) is 7.12. The van der Waals surface area contributed by atoms with Crippen molar-refractivity contribution in [2.24, 2.45) is 5.92 Å². The molecule has 0 unspecified atom stereocenters. The molecule has 1 heterocycles. The fourth-order valence-electron chi connectivity index (χ4n) is 4.85. The summed E-state index contributed by atoms with van der Waals surface area (Å²) in [6.07, 6.45) is 3.11. The number of nitrogens with zero attached hydrogens (tertiary/aromatic N) is 1. The molecule has 4 rings (SSSR count). The molecular formula is C27H32FN3O6. The number of halogens is 1. The van der Waals surface area contributed by atoms with Crippen LogP contribution in [0.4, 0.5) is 25.4 Å². The number of anilines is 2. The first kappa shape index (κ1) is 26.2. The summed E-state index contributed by atoms with van der Waals surface area (Å²) in [5.41, 5.74) is 2.56. The second-order valence-corrected chi connectivity index (χ2v) is 9.43. The molecule has 0 radical (unpaired) electrons. The van der Waals surface area contributed by atoms with Crippen molar-refractivity contribution in [2.75, 3.05) is 23.8 Å². The number of benzene rings is 2. The lowest BCUT2D eigenvalue weighted by Crippen LogP contribution is -2.39. The molecule has 3 N–H and O–H groups in total. The Kier molecular flexibility index (Phi) is 8.47. The number of carbonyl (C=O) groups is 3. The van der Waals surface area contributed by atoms with Gasteiger partial charge in [-0.05, 0) is 80.3 Å².